The van der Waals surface area contributed by atoms with E-state index in [4.69, 9.17) is 11.6 Å². The highest BCUT2D eigenvalue weighted by molar-refractivity contribution is 6.30. The number of nitrogens with one attached hydrogen (secondary N) is 3. The van der Waals surface area contributed by atoms with Crippen LogP contribution in [0.4, 0.5) is 4.79 Å². The maximum absolute atomic E-state index is 12.1. The van der Waals surface area contributed by atoms with Gasteiger partial charge in [-0.2, -0.15) is 0 Å². The molecule has 1 aromatic rings. The van der Waals surface area contributed by atoms with Crippen LogP contribution in [0, 0.1) is 0 Å². The highest BCUT2D eigenvalue weighted by atomic mass is 35.5. The van der Waals surface area contributed by atoms with Gasteiger partial charge in [0.15, 0.2) is 0 Å². The molecule has 1 heterocycles. The third-order valence-electron chi connectivity index (χ3n) is 3.59. The maximum atomic E-state index is 12.1. The zero-order valence-electron chi connectivity index (χ0n) is 13.0. The SMILES string of the molecule is C[C@@H]1CNCCN1C(=O)CNC(=O)NCc1ccc(Cl)cc1.Cl. The molecular formula is C15H22Cl2N4O2. The minimum Gasteiger partial charge on any atom is -0.336 e. The van der Waals surface area contributed by atoms with Crippen molar-refractivity contribution in [1.82, 2.24) is 20.9 Å². The molecule has 0 saturated carbocycles. The van der Waals surface area contributed by atoms with Gasteiger partial charge in [0.2, 0.25) is 5.91 Å². The van der Waals surface area contributed by atoms with Crippen molar-refractivity contribution in [3.05, 3.63) is 34.9 Å². The molecule has 1 atom stereocenters. The lowest BCUT2D eigenvalue weighted by atomic mass is 10.2. The number of amides is 3. The minimum atomic E-state index is -0.355. The van der Waals surface area contributed by atoms with Gasteiger partial charge in [0.25, 0.3) is 0 Å². The Morgan fingerprint density at radius 1 is 1.30 bits per heavy atom. The second-order valence-corrected chi connectivity index (χ2v) is 5.74. The number of hydrogen-bond donors (Lipinski definition) is 3. The summed E-state index contributed by atoms with van der Waals surface area (Å²) in [5.41, 5.74) is 0.946. The van der Waals surface area contributed by atoms with Crippen LogP contribution in [0.2, 0.25) is 5.02 Å². The van der Waals surface area contributed by atoms with Crippen LogP contribution in [0.5, 0.6) is 0 Å². The number of carbonyl (C=O) groups excluding carboxylic acids is 2. The predicted octanol–water partition coefficient (Wildman–Crippen LogP) is 1.38. The molecule has 1 aromatic carbocycles. The smallest absolute Gasteiger partial charge is 0.315 e. The van der Waals surface area contributed by atoms with E-state index in [1.807, 2.05) is 19.1 Å². The van der Waals surface area contributed by atoms with Crippen molar-refractivity contribution in [2.75, 3.05) is 26.2 Å². The summed E-state index contributed by atoms with van der Waals surface area (Å²) in [6, 6.07) is 7.02. The Bertz CT molecular complexity index is 525. The first-order valence-corrected chi connectivity index (χ1v) is 7.70. The highest BCUT2D eigenvalue weighted by Crippen LogP contribution is 2.09. The lowest BCUT2D eigenvalue weighted by Crippen LogP contribution is -2.55. The number of carbonyl (C=O) groups is 2. The molecule has 3 N–H and O–H groups in total. The monoisotopic (exact) mass is 360 g/mol. The molecule has 1 aliphatic heterocycles. The van der Waals surface area contributed by atoms with Crippen molar-refractivity contribution < 1.29 is 9.59 Å². The van der Waals surface area contributed by atoms with E-state index in [1.165, 1.54) is 0 Å². The van der Waals surface area contributed by atoms with Crippen LogP contribution in [0.15, 0.2) is 24.3 Å². The quantitative estimate of drug-likeness (QED) is 0.759. The molecule has 1 aliphatic rings. The molecule has 0 spiro atoms. The molecule has 0 aromatic heterocycles. The number of urea groups is 1. The fourth-order valence-corrected chi connectivity index (χ4v) is 2.44. The van der Waals surface area contributed by atoms with E-state index in [9.17, 15) is 9.59 Å². The molecule has 2 rings (SSSR count). The first kappa shape index (κ1) is 19.5. The van der Waals surface area contributed by atoms with E-state index in [2.05, 4.69) is 16.0 Å². The number of nitrogens with zero attached hydrogens (tertiary/aromatic N) is 1. The van der Waals surface area contributed by atoms with Crippen LogP contribution in [-0.4, -0.2) is 49.1 Å². The van der Waals surface area contributed by atoms with Crippen LogP contribution >= 0.6 is 24.0 Å². The summed E-state index contributed by atoms with van der Waals surface area (Å²) >= 11 is 5.80. The number of rotatable bonds is 4. The van der Waals surface area contributed by atoms with Crippen LogP contribution in [0.3, 0.4) is 0 Å². The topological polar surface area (TPSA) is 73.5 Å². The Labute approximate surface area is 147 Å². The number of hydrogen-bond acceptors (Lipinski definition) is 3. The number of benzene rings is 1. The minimum absolute atomic E-state index is 0. The van der Waals surface area contributed by atoms with Crippen molar-refractivity contribution in [3.8, 4) is 0 Å². The Kier molecular flexibility index (Phi) is 8.16. The summed E-state index contributed by atoms with van der Waals surface area (Å²) in [5, 5.41) is 9.19. The lowest BCUT2D eigenvalue weighted by Gasteiger charge is -2.34. The van der Waals surface area contributed by atoms with E-state index in [1.54, 1.807) is 17.0 Å². The molecule has 8 heteroatoms. The summed E-state index contributed by atoms with van der Waals surface area (Å²) in [5.74, 6) is -0.0596. The largest absolute Gasteiger partial charge is 0.336 e. The molecule has 0 aliphatic carbocycles. The van der Waals surface area contributed by atoms with Gasteiger partial charge in [-0.15, -0.1) is 12.4 Å². The third kappa shape index (κ3) is 6.25. The molecule has 0 radical (unpaired) electrons. The van der Waals surface area contributed by atoms with Gasteiger partial charge in [0.1, 0.15) is 0 Å². The Morgan fingerprint density at radius 2 is 2.00 bits per heavy atom. The second-order valence-electron chi connectivity index (χ2n) is 5.30. The van der Waals surface area contributed by atoms with E-state index in [0.717, 1.165) is 18.7 Å². The van der Waals surface area contributed by atoms with Gasteiger partial charge in [-0.25, -0.2) is 4.79 Å². The normalized spacial score (nSPS) is 17.1. The van der Waals surface area contributed by atoms with Crippen molar-refractivity contribution >= 4 is 35.9 Å². The van der Waals surface area contributed by atoms with Crippen molar-refractivity contribution in [3.63, 3.8) is 0 Å². The van der Waals surface area contributed by atoms with Crippen LogP contribution in [0.1, 0.15) is 12.5 Å². The van der Waals surface area contributed by atoms with Crippen molar-refractivity contribution in [1.29, 1.82) is 0 Å². The van der Waals surface area contributed by atoms with E-state index < -0.39 is 0 Å². The van der Waals surface area contributed by atoms with Gasteiger partial charge in [-0.3, -0.25) is 4.79 Å². The molecule has 3 amide bonds. The molecule has 0 bridgehead atoms. The van der Waals surface area contributed by atoms with Gasteiger partial charge < -0.3 is 20.9 Å². The number of piperazine rings is 1. The summed E-state index contributed by atoms with van der Waals surface area (Å²) in [6.07, 6.45) is 0. The average Bonchev–Trinajstić information content (AvgIpc) is 2.52. The molecule has 1 saturated heterocycles. The second kappa shape index (κ2) is 9.60. The van der Waals surface area contributed by atoms with E-state index in [-0.39, 0.29) is 36.9 Å². The molecule has 1 fully saturated rings. The zero-order valence-corrected chi connectivity index (χ0v) is 14.5. The van der Waals surface area contributed by atoms with Gasteiger partial charge in [0, 0.05) is 37.2 Å². The fourth-order valence-electron chi connectivity index (χ4n) is 2.32. The van der Waals surface area contributed by atoms with Crippen LogP contribution < -0.4 is 16.0 Å². The van der Waals surface area contributed by atoms with E-state index >= 15 is 0 Å². The Morgan fingerprint density at radius 3 is 2.65 bits per heavy atom. The molecule has 6 nitrogen and oxygen atoms in total. The average molecular weight is 361 g/mol. The Balaban J connectivity index is 0.00000264. The van der Waals surface area contributed by atoms with Crippen molar-refractivity contribution in [2.24, 2.45) is 0 Å². The highest BCUT2D eigenvalue weighted by Gasteiger charge is 2.22. The molecule has 0 unspecified atom stereocenters. The Hall–Kier alpha value is -1.50. The predicted molar refractivity (Wildman–Crippen MR) is 93.0 cm³/mol. The molecular weight excluding hydrogens is 339 g/mol. The van der Waals surface area contributed by atoms with Crippen molar-refractivity contribution in [2.45, 2.75) is 19.5 Å². The van der Waals surface area contributed by atoms with Gasteiger partial charge >= 0.3 is 6.03 Å². The van der Waals surface area contributed by atoms with Gasteiger partial charge in [-0.1, -0.05) is 23.7 Å². The maximum Gasteiger partial charge on any atom is 0.315 e. The van der Waals surface area contributed by atoms with Crippen LogP contribution in [0.25, 0.3) is 0 Å². The van der Waals surface area contributed by atoms with Gasteiger partial charge in [-0.05, 0) is 24.6 Å². The van der Waals surface area contributed by atoms with E-state index in [0.29, 0.717) is 18.1 Å². The molecule has 128 valence electrons. The standard InChI is InChI=1S/C15H21ClN4O2.ClH/c1-11-8-17-6-7-20(11)14(21)10-19-15(22)18-9-12-2-4-13(16)5-3-12;/h2-5,11,17H,6-10H2,1H3,(H2,18,19,22);1H/t11-;/m1./s1. The molecule has 23 heavy (non-hydrogen) atoms. The zero-order chi connectivity index (χ0) is 15.9. The summed E-state index contributed by atoms with van der Waals surface area (Å²) in [4.78, 5) is 25.6. The summed E-state index contributed by atoms with van der Waals surface area (Å²) in [7, 11) is 0. The van der Waals surface area contributed by atoms with Crippen LogP contribution in [-0.2, 0) is 11.3 Å². The lowest BCUT2D eigenvalue weighted by molar-refractivity contribution is -0.132. The first-order chi connectivity index (χ1) is 10.6. The third-order valence-corrected chi connectivity index (χ3v) is 3.84. The summed E-state index contributed by atoms with van der Waals surface area (Å²) < 4.78 is 0. The summed E-state index contributed by atoms with van der Waals surface area (Å²) in [6.45, 7) is 4.64. The van der Waals surface area contributed by atoms with Gasteiger partial charge in [0.05, 0.1) is 6.54 Å². The number of halogens is 2. The fraction of sp³-hybridized carbons (Fsp3) is 0.467. The first-order valence-electron chi connectivity index (χ1n) is 7.32.